The van der Waals surface area contributed by atoms with Crippen LogP contribution in [-0.4, -0.2) is 3.74 Å². The van der Waals surface area contributed by atoms with Gasteiger partial charge in [0.2, 0.25) is 0 Å². The molecule has 0 bridgehead atoms. The summed E-state index contributed by atoms with van der Waals surface area (Å²) in [6, 6.07) is 0. The second-order valence-corrected chi connectivity index (χ2v) is 5.93. The lowest BCUT2D eigenvalue weighted by Gasteiger charge is -2.22. The summed E-state index contributed by atoms with van der Waals surface area (Å²) in [6.07, 6.45) is 7.11. The first-order chi connectivity index (χ1) is 4.30. The third-order valence-electron chi connectivity index (χ3n) is 2.01. The number of halogens is 2. The van der Waals surface area contributed by atoms with E-state index < -0.39 is 0 Å². The fraction of sp³-hybridized carbons (Fsp3) is 1.00. The van der Waals surface area contributed by atoms with Crippen LogP contribution < -0.4 is 0 Å². The van der Waals surface area contributed by atoms with Crippen molar-refractivity contribution in [1.29, 1.82) is 0 Å². The topological polar surface area (TPSA) is 0 Å². The predicted molar refractivity (Wildman–Crippen MR) is 48.2 cm³/mol. The van der Waals surface area contributed by atoms with E-state index in [2.05, 4.69) is 31.9 Å². The van der Waals surface area contributed by atoms with Gasteiger partial charge in [-0.1, -0.05) is 51.1 Å². The molecule has 0 aromatic carbocycles. The van der Waals surface area contributed by atoms with Gasteiger partial charge >= 0.3 is 0 Å². The fourth-order valence-electron chi connectivity index (χ4n) is 1.39. The van der Waals surface area contributed by atoms with Crippen LogP contribution in [0.4, 0.5) is 0 Å². The van der Waals surface area contributed by atoms with Gasteiger partial charge < -0.3 is 0 Å². The maximum absolute atomic E-state index is 3.55. The van der Waals surface area contributed by atoms with Gasteiger partial charge in [-0.2, -0.15) is 0 Å². The summed E-state index contributed by atoms with van der Waals surface area (Å²) in [5.41, 5.74) is 0. The molecular formula is C7H12Br2. The third-order valence-corrected chi connectivity index (χ3v) is 3.50. The molecule has 1 fully saturated rings. The summed E-state index contributed by atoms with van der Waals surface area (Å²) < 4.78 is 0.560. The Bertz CT molecular complexity index is 75.0. The summed E-state index contributed by atoms with van der Waals surface area (Å²) in [7, 11) is 0. The summed E-state index contributed by atoms with van der Waals surface area (Å²) in [4.78, 5) is 0. The van der Waals surface area contributed by atoms with Gasteiger partial charge in [-0.05, 0) is 18.8 Å². The van der Waals surface area contributed by atoms with E-state index in [1.807, 2.05) is 0 Å². The monoisotopic (exact) mass is 254 g/mol. The molecule has 0 heterocycles. The Hall–Kier alpha value is 0.960. The van der Waals surface area contributed by atoms with E-state index in [0.29, 0.717) is 3.74 Å². The van der Waals surface area contributed by atoms with Crippen LogP contribution in [0.3, 0.4) is 0 Å². The summed E-state index contributed by atoms with van der Waals surface area (Å²) >= 11 is 7.11. The average Bonchev–Trinajstić information content (AvgIpc) is 1.90. The van der Waals surface area contributed by atoms with Crippen LogP contribution in [0.5, 0.6) is 0 Å². The molecule has 0 saturated heterocycles. The molecule has 2 heteroatoms. The molecule has 1 saturated carbocycles. The average molecular weight is 256 g/mol. The number of hydrogen-bond donors (Lipinski definition) is 0. The van der Waals surface area contributed by atoms with Gasteiger partial charge in [-0.15, -0.1) is 0 Å². The molecule has 1 aliphatic carbocycles. The Morgan fingerprint density at radius 3 is 1.89 bits per heavy atom. The van der Waals surface area contributed by atoms with Crippen LogP contribution in [0.2, 0.25) is 0 Å². The van der Waals surface area contributed by atoms with Gasteiger partial charge in [0.05, 0.1) is 3.74 Å². The number of hydrogen-bond acceptors (Lipinski definition) is 0. The predicted octanol–water partition coefficient (Wildman–Crippen LogP) is 3.68. The van der Waals surface area contributed by atoms with Crippen LogP contribution in [0.1, 0.15) is 32.1 Å². The van der Waals surface area contributed by atoms with E-state index in [4.69, 9.17) is 0 Å². The number of rotatable bonds is 1. The van der Waals surface area contributed by atoms with Crippen molar-refractivity contribution in [2.75, 3.05) is 0 Å². The molecule has 1 aliphatic rings. The highest BCUT2D eigenvalue weighted by Gasteiger charge is 2.18. The quantitative estimate of drug-likeness (QED) is 0.627. The van der Waals surface area contributed by atoms with Crippen LogP contribution in [-0.2, 0) is 0 Å². The Kier molecular flexibility index (Phi) is 3.55. The first-order valence-electron chi connectivity index (χ1n) is 3.59. The molecule has 0 atom stereocenters. The molecule has 1 rings (SSSR count). The Morgan fingerprint density at radius 1 is 1.00 bits per heavy atom. The normalized spacial score (nSPS) is 23.0. The molecule has 0 aliphatic heterocycles. The molecule has 0 amide bonds. The van der Waals surface area contributed by atoms with Crippen LogP contribution >= 0.6 is 31.9 Å². The minimum absolute atomic E-state index is 0.560. The lowest BCUT2D eigenvalue weighted by atomic mass is 9.91. The minimum Gasteiger partial charge on any atom is -0.0762 e. The van der Waals surface area contributed by atoms with E-state index in [-0.39, 0.29) is 0 Å². The molecule has 9 heavy (non-hydrogen) atoms. The second kappa shape index (κ2) is 3.97. The molecule has 0 nitrogen and oxygen atoms in total. The highest BCUT2D eigenvalue weighted by atomic mass is 79.9. The zero-order valence-electron chi connectivity index (χ0n) is 5.45. The molecule has 0 spiro atoms. The standard InChI is InChI=1S/C7H12Br2/c8-7(9)6-4-2-1-3-5-6/h6-7H,1-5H2. The van der Waals surface area contributed by atoms with Crippen LogP contribution in [0.15, 0.2) is 0 Å². The minimum atomic E-state index is 0.560. The summed E-state index contributed by atoms with van der Waals surface area (Å²) in [6.45, 7) is 0. The lowest BCUT2D eigenvalue weighted by Crippen LogP contribution is -2.11. The van der Waals surface area contributed by atoms with Crippen molar-refractivity contribution in [3.05, 3.63) is 0 Å². The lowest BCUT2D eigenvalue weighted by molar-refractivity contribution is 0.385. The van der Waals surface area contributed by atoms with Gasteiger partial charge in [-0.25, -0.2) is 0 Å². The first-order valence-corrected chi connectivity index (χ1v) is 5.42. The molecule has 0 aromatic heterocycles. The summed E-state index contributed by atoms with van der Waals surface area (Å²) in [5.74, 6) is 0.888. The highest BCUT2D eigenvalue weighted by molar-refractivity contribution is 9.24. The molecule has 0 N–H and O–H groups in total. The van der Waals surface area contributed by atoms with E-state index in [1.165, 1.54) is 32.1 Å². The van der Waals surface area contributed by atoms with Crippen LogP contribution in [0.25, 0.3) is 0 Å². The van der Waals surface area contributed by atoms with E-state index in [9.17, 15) is 0 Å². The van der Waals surface area contributed by atoms with Crippen molar-refractivity contribution in [3.8, 4) is 0 Å². The third kappa shape index (κ3) is 2.58. The first kappa shape index (κ1) is 8.06. The molecular weight excluding hydrogens is 244 g/mol. The maximum Gasteiger partial charge on any atom is 0.0726 e. The van der Waals surface area contributed by atoms with Crippen molar-refractivity contribution in [2.24, 2.45) is 5.92 Å². The molecule has 54 valence electrons. The van der Waals surface area contributed by atoms with Gasteiger partial charge in [0.25, 0.3) is 0 Å². The van der Waals surface area contributed by atoms with Crippen molar-refractivity contribution >= 4 is 31.9 Å². The van der Waals surface area contributed by atoms with E-state index in [1.54, 1.807) is 0 Å². The van der Waals surface area contributed by atoms with Gasteiger partial charge in [0.1, 0.15) is 0 Å². The van der Waals surface area contributed by atoms with Crippen molar-refractivity contribution in [2.45, 2.75) is 35.8 Å². The van der Waals surface area contributed by atoms with Crippen LogP contribution in [0, 0.1) is 5.92 Å². The van der Waals surface area contributed by atoms with Crippen molar-refractivity contribution < 1.29 is 0 Å². The molecule has 0 unspecified atom stereocenters. The zero-order chi connectivity index (χ0) is 6.69. The van der Waals surface area contributed by atoms with Gasteiger partial charge in [0.15, 0.2) is 0 Å². The number of alkyl halides is 2. The fourth-order valence-corrected chi connectivity index (χ4v) is 2.44. The maximum atomic E-state index is 3.55. The Balaban J connectivity index is 2.23. The van der Waals surface area contributed by atoms with Gasteiger partial charge in [0, 0.05) is 0 Å². The zero-order valence-corrected chi connectivity index (χ0v) is 8.62. The van der Waals surface area contributed by atoms with Crippen molar-refractivity contribution in [1.82, 2.24) is 0 Å². The smallest absolute Gasteiger partial charge is 0.0726 e. The van der Waals surface area contributed by atoms with E-state index >= 15 is 0 Å². The second-order valence-electron chi connectivity index (χ2n) is 2.73. The van der Waals surface area contributed by atoms with Crippen molar-refractivity contribution in [3.63, 3.8) is 0 Å². The Labute approximate surface area is 73.7 Å². The Morgan fingerprint density at radius 2 is 1.56 bits per heavy atom. The molecule has 0 aromatic rings. The molecule has 0 radical (unpaired) electrons. The highest BCUT2D eigenvalue weighted by Crippen LogP contribution is 2.32. The van der Waals surface area contributed by atoms with Gasteiger partial charge in [-0.3, -0.25) is 0 Å². The largest absolute Gasteiger partial charge is 0.0762 e. The van der Waals surface area contributed by atoms with E-state index in [0.717, 1.165) is 5.92 Å². The SMILES string of the molecule is BrC(Br)C1CCCCC1. The summed E-state index contributed by atoms with van der Waals surface area (Å²) in [5, 5.41) is 0.